The minimum atomic E-state index is -0.217. The molecule has 0 atom stereocenters. The summed E-state index contributed by atoms with van der Waals surface area (Å²) in [6.45, 7) is -0.217. The molecule has 0 radical (unpaired) electrons. The van der Waals surface area contributed by atoms with Crippen LogP contribution in [0.5, 0.6) is 0 Å². The molecule has 2 aromatic rings. The Labute approximate surface area is 108 Å². The Kier molecular flexibility index (Phi) is 3.37. The summed E-state index contributed by atoms with van der Waals surface area (Å²) in [5.41, 5.74) is 0.828. The van der Waals surface area contributed by atoms with Crippen LogP contribution in [0.15, 0.2) is 27.2 Å². The van der Waals surface area contributed by atoms with E-state index in [1.807, 2.05) is 18.2 Å². The average molecular weight is 381 g/mol. The first-order valence-corrected chi connectivity index (χ1v) is 5.97. The second kappa shape index (κ2) is 4.58. The molecule has 0 fully saturated rings. The normalized spacial score (nSPS) is 10.6. The summed E-state index contributed by atoms with van der Waals surface area (Å²) in [6, 6.07) is 5.82. The van der Waals surface area contributed by atoms with E-state index in [-0.39, 0.29) is 12.4 Å². The Balaban J connectivity index is 2.48. The second-order valence-electron chi connectivity index (χ2n) is 2.80. The van der Waals surface area contributed by atoms with Crippen LogP contribution >= 0.6 is 38.5 Å². The van der Waals surface area contributed by atoms with Gasteiger partial charge in [-0.15, -0.1) is 0 Å². The highest BCUT2D eigenvalue weighted by atomic mass is 127. The number of hydrogen-bond donors (Lipinski definition) is 1. The zero-order valence-corrected chi connectivity index (χ0v) is 11.2. The maximum Gasteiger partial charge on any atom is 0.259 e. The number of hydrogen-bond acceptors (Lipinski definition) is 4. The third-order valence-electron chi connectivity index (χ3n) is 1.77. The molecule has 0 bridgehead atoms. The molecule has 4 nitrogen and oxygen atoms in total. The van der Waals surface area contributed by atoms with Gasteiger partial charge < -0.3 is 9.63 Å². The fourth-order valence-corrected chi connectivity index (χ4v) is 2.00. The van der Waals surface area contributed by atoms with Crippen molar-refractivity contribution >= 4 is 38.5 Å². The van der Waals surface area contributed by atoms with E-state index in [1.54, 1.807) is 0 Å². The van der Waals surface area contributed by atoms with Gasteiger partial charge in [0.25, 0.3) is 5.89 Å². The first-order valence-electron chi connectivity index (χ1n) is 4.09. The smallest absolute Gasteiger partial charge is 0.259 e. The van der Waals surface area contributed by atoms with E-state index in [2.05, 4.69) is 48.7 Å². The summed E-state index contributed by atoms with van der Waals surface area (Å²) in [6.07, 6.45) is 0. The molecule has 1 aromatic heterocycles. The van der Waals surface area contributed by atoms with Gasteiger partial charge in [-0.05, 0) is 56.7 Å². The highest BCUT2D eigenvalue weighted by Gasteiger charge is 2.11. The predicted octanol–water partition coefficient (Wildman–Crippen LogP) is 2.60. The third-order valence-corrected chi connectivity index (χ3v) is 3.13. The minimum absolute atomic E-state index is 0.217. The maximum absolute atomic E-state index is 8.82. The summed E-state index contributed by atoms with van der Waals surface area (Å²) in [5.74, 6) is 0.695. The van der Waals surface area contributed by atoms with Crippen molar-refractivity contribution in [3.63, 3.8) is 0 Å². The lowest BCUT2D eigenvalue weighted by Gasteiger charge is -1.98. The zero-order valence-electron chi connectivity index (χ0n) is 7.44. The second-order valence-corrected chi connectivity index (χ2v) is 4.90. The molecule has 0 spiro atoms. The van der Waals surface area contributed by atoms with Crippen LogP contribution in [0, 0.1) is 3.57 Å². The van der Waals surface area contributed by atoms with Gasteiger partial charge in [-0.1, -0.05) is 5.16 Å². The monoisotopic (exact) mass is 380 g/mol. The molecule has 2 rings (SSSR count). The van der Waals surface area contributed by atoms with E-state index in [1.165, 1.54) is 0 Å². The molecule has 0 aliphatic carbocycles. The van der Waals surface area contributed by atoms with Crippen molar-refractivity contribution in [2.75, 3.05) is 0 Å². The Hall–Kier alpha value is -0.470. The van der Waals surface area contributed by atoms with Gasteiger partial charge in [-0.2, -0.15) is 4.98 Å². The number of aromatic nitrogens is 2. The number of benzene rings is 1. The lowest BCUT2D eigenvalue weighted by molar-refractivity contribution is 0.264. The molecular weight excluding hydrogens is 375 g/mol. The van der Waals surface area contributed by atoms with Crippen molar-refractivity contribution in [2.45, 2.75) is 6.61 Å². The average Bonchev–Trinajstić information content (AvgIpc) is 2.70. The largest absolute Gasteiger partial charge is 0.388 e. The molecule has 15 heavy (non-hydrogen) atoms. The highest BCUT2D eigenvalue weighted by molar-refractivity contribution is 14.1. The molecule has 0 unspecified atom stereocenters. The van der Waals surface area contributed by atoms with Gasteiger partial charge >= 0.3 is 0 Å². The van der Waals surface area contributed by atoms with Crippen molar-refractivity contribution in [3.05, 3.63) is 32.1 Å². The maximum atomic E-state index is 8.82. The molecular formula is C9H6BrIN2O2. The third kappa shape index (κ3) is 2.37. The summed E-state index contributed by atoms with van der Waals surface area (Å²) >= 11 is 5.61. The van der Waals surface area contributed by atoms with Gasteiger partial charge in [0, 0.05) is 8.04 Å². The number of aliphatic hydroxyl groups is 1. The molecule has 0 amide bonds. The van der Waals surface area contributed by atoms with Crippen molar-refractivity contribution < 1.29 is 9.63 Å². The minimum Gasteiger partial charge on any atom is -0.388 e. The number of aliphatic hydroxyl groups excluding tert-OH is 1. The highest BCUT2D eigenvalue weighted by Crippen LogP contribution is 2.28. The van der Waals surface area contributed by atoms with Crippen LogP contribution in [0.25, 0.3) is 11.5 Å². The van der Waals surface area contributed by atoms with Gasteiger partial charge in [0.15, 0.2) is 5.82 Å². The Morgan fingerprint density at radius 2 is 2.27 bits per heavy atom. The van der Waals surface area contributed by atoms with E-state index in [0.717, 1.165) is 13.6 Å². The number of rotatable bonds is 2. The molecule has 0 saturated carbocycles. The van der Waals surface area contributed by atoms with Crippen LogP contribution in [0.3, 0.4) is 0 Å². The van der Waals surface area contributed by atoms with E-state index >= 15 is 0 Å². The van der Waals surface area contributed by atoms with Crippen molar-refractivity contribution in [3.8, 4) is 11.5 Å². The topological polar surface area (TPSA) is 59.2 Å². The Bertz CT molecular complexity index is 487. The Morgan fingerprint density at radius 3 is 2.93 bits per heavy atom. The SMILES string of the molecule is OCc1noc(-c2cc(I)ccc2Br)n1. The predicted molar refractivity (Wildman–Crippen MR) is 66.1 cm³/mol. The molecule has 0 saturated heterocycles. The first-order chi connectivity index (χ1) is 7.20. The van der Waals surface area contributed by atoms with E-state index in [4.69, 9.17) is 9.63 Å². The van der Waals surface area contributed by atoms with Crippen LogP contribution in [-0.4, -0.2) is 15.2 Å². The number of nitrogens with zero attached hydrogens (tertiary/aromatic N) is 2. The number of halogens is 2. The fourth-order valence-electron chi connectivity index (χ4n) is 1.09. The first kappa shape index (κ1) is 11.0. The summed E-state index contributed by atoms with van der Waals surface area (Å²) in [7, 11) is 0. The molecule has 6 heteroatoms. The van der Waals surface area contributed by atoms with E-state index in [9.17, 15) is 0 Å². The van der Waals surface area contributed by atoms with Crippen LogP contribution in [0.2, 0.25) is 0 Å². The van der Waals surface area contributed by atoms with Crippen molar-refractivity contribution in [1.82, 2.24) is 10.1 Å². The van der Waals surface area contributed by atoms with Crippen molar-refractivity contribution in [2.24, 2.45) is 0 Å². The van der Waals surface area contributed by atoms with Crippen molar-refractivity contribution in [1.29, 1.82) is 0 Å². The quantitative estimate of drug-likeness (QED) is 0.813. The van der Waals surface area contributed by atoms with Gasteiger partial charge in [0.2, 0.25) is 0 Å². The molecule has 0 aliphatic heterocycles. The summed E-state index contributed by atoms with van der Waals surface area (Å²) in [5, 5.41) is 12.4. The van der Waals surface area contributed by atoms with Gasteiger partial charge in [0.1, 0.15) is 6.61 Å². The molecule has 0 aliphatic rings. The molecule has 1 heterocycles. The lowest BCUT2D eigenvalue weighted by Crippen LogP contribution is -1.86. The molecule has 78 valence electrons. The standard InChI is InChI=1S/C9H6BrIN2O2/c10-7-2-1-5(11)3-6(7)9-12-8(4-14)13-15-9/h1-3,14H,4H2. The lowest BCUT2D eigenvalue weighted by atomic mass is 10.2. The van der Waals surface area contributed by atoms with Gasteiger partial charge in [0.05, 0.1) is 5.56 Å². The zero-order chi connectivity index (χ0) is 10.8. The van der Waals surface area contributed by atoms with E-state index < -0.39 is 0 Å². The summed E-state index contributed by atoms with van der Waals surface area (Å²) < 4.78 is 6.99. The van der Waals surface area contributed by atoms with Gasteiger partial charge in [-0.3, -0.25) is 0 Å². The van der Waals surface area contributed by atoms with Crippen LogP contribution in [0.4, 0.5) is 0 Å². The Morgan fingerprint density at radius 1 is 1.47 bits per heavy atom. The summed E-state index contributed by atoms with van der Waals surface area (Å²) in [4.78, 5) is 4.04. The van der Waals surface area contributed by atoms with Crippen LogP contribution in [-0.2, 0) is 6.61 Å². The van der Waals surface area contributed by atoms with E-state index in [0.29, 0.717) is 5.89 Å². The fraction of sp³-hybridized carbons (Fsp3) is 0.111. The molecule has 1 N–H and O–H groups in total. The van der Waals surface area contributed by atoms with Gasteiger partial charge in [-0.25, -0.2) is 0 Å². The van der Waals surface area contributed by atoms with Crippen LogP contribution < -0.4 is 0 Å². The van der Waals surface area contributed by atoms with Crippen LogP contribution in [0.1, 0.15) is 5.82 Å². The molecule has 1 aromatic carbocycles.